The van der Waals surface area contributed by atoms with Crippen molar-refractivity contribution in [3.63, 3.8) is 0 Å². The number of halogens is 2. The number of carbonyl (C=O) groups excluding carboxylic acids is 1. The number of pyridine rings is 2. The maximum atomic E-state index is 11.4. The summed E-state index contributed by atoms with van der Waals surface area (Å²) in [7, 11) is 3.79. The third-order valence-electron chi connectivity index (χ3n) is 3.05. The van der Waals surface area contributed by atoms with Crippen molar-refractivity contribution in [2.24, 2.45) is 25.2 Å². The number of aromatic nitrogens is 2. The predicted molar refractivity (Wildman–Crippen MR) is 89.7 cm³/mol. The molecule has 0 aliphatic heterocycles. The Balaban J connectivity index is 0. The molecule has 0 fully saturated rings. The molecule has 2 heterocycles. The topological polar surface area (TPSA) is 66.7 Å². The highest BCUT2D eigenvalue weighted by atomic mass is 127. The number of hydrogen-bond acceptors (Lipinski definition) is 4. The molecule has 0 atom stereocenters. The second kappa shape index (κ2) is 14.8. The van der Waals surface area contributed by atoms with Gasteiger partial charge in [0.15, 0.2) is 18.6 Å². The first-order valence-corrected chi connectivity index (χ1v) is 7.68. The predicted octanol–water partition coefficient (Wildman–Crippen LogP) is -4.35. The lowest BCUT2D eigenvalue weighted by Gasteiger charge is -2.05. The van der Waals surface area contributed by atoms with Gasteiger partial charge in [-0.25, -0.2) is 13.9 Å². The van der Waals surface area contributed by atoms with E-state index >= 15 is 0 Å². The molecule has 26 heavy (non-hydrogen) atoms. The van der Waals surface area contributed by atoms with Crippen LogP contribution in [0.2, 0.25) is 0 Å². The molecule has 0 aliphatic carbocycles. The van der Waals surface area contributed by atoms with E-state index in [-0.39, 0.29) is 53.9 Å². The van der Waals surface area contributed by atoms with Gasteiger partial charge in [-0.15, -0.1) is 0 Å². The lowest BCUT2D eigenvalue weighted by molar-refractivity contribution is -0.672. The van der Waals surface area contributed by atoms with Gasteiger partial charge in [0.05, 0.1) is 12.2 Å². The largest absolute Gasteiger partial charge is 1.00 e. The second-order valence-corrected chi connectivity index (χ2v) is 5.73. The van der Waals surface area contributed by atoms with Crippen molar-refractivity contribution in [2.45, 2.75) is 13.8 Å². The monoisotopic (exact) mass is 585 g/mol. The minimum Gasteiger partial charge on any atom is -1.00 e. The Morgan fingerprint density at radius 2 is 1.77 bits per heavy atom. The molecule has 0 amide bonds. The van der Waals surface area contributed by atoms with Crippen LogP contribution in [-0.2, 0) is 18.8 Å². The van der Waals surface area contributed by atoms with Gasteiger partial charge in [0, 0.05) is 24.3 Å². The van der Waals surface area contributed by atoms with Crippen LogP contribution in [0.5, 0.6) is 0 Å². The number of carbonyl (C=O) groups is 1. The average molecular weight is 585 g/mol. The summed E-state index contributed by atoms with van der Waals surface area (Å²) in [6.07, 6.45) is 6.93. The fraction of sp³-hybridized carbons (Fsp3) is 0.333. The summed E-state index contributed by atoms with van der Waals surface area (Å²) in [5, 5.41) is 11.1. The lowest BCUT2D eigenvalue weighted by atomic mass is 10.2. The molecule has 2 rings (SSSR count). The number of esters is 1. The average Bonchev–Trinajstić information content (AvgIpc) is 2.56. The van der Waals surface area contributed by atoms with E-state index < -0.39 is 0 Å². The molecule has 2 aromatic rings. The van der Waals surface area contributed by atoms with Gasteiger partial charge in [0.1, 0.15) is 20.3 Å². The Morgan fingerprint density at radius 1 is 1.15 bits per heavy atom. The molecule has 0 spiro atoms. The van der Waals surface area contributed by atoms with Crippen LogP contribution in [-0.4, -0.2) is 24.0 Å². The van der Waals surface area contributed by atoms with Gasteiger partial charge in [0.2, 0.25) is 5.69 Å². The number of ether oxygens (including phenoxy) is 1. The van der Waals surface area contributed by atoms with E-state index in [9.17, 15) is 4.79 Å². The maximum Gasteiger partial charge on any atom is 0.338 e. The summed E-state index contributed by atoms with van der Waals surface area (Å²) in [6.45, 7) is 4.50. The highest BCUT2D eigenvalue weighted by Crippen LogP contribution is 2.01. The van der Waals surface area contributed by atoms with Gasteiger partial charge in [0.25, 0.3) is 0 Å². The SMILES string of the molecule is CC(C)COC(=O)c1cc[n+](C)cc1.C[n+]1ccccc1C=NO.[I-].[I-]. The fourth-order valence-electron chi connectivity index (χ4n) is 1.69. The highest BCUT2D eigenvalue weighted by Gasteiger charge is 2.08. The van der Waals surface area contributed by atoms with Gasteiger partial charge in [-0.2, -0.15) is 0 Å². The molecule has 0 radical (unpaired) electrons. The first-order valence-electron chi connectivity index (χ1n) is 7.68. The van der Waals surface area contributed by atoms with Gasteiger partial charge in [-0.1, -0.05) is 19.0 Å². The molecule has 0 saturated carbocycles. The minimum atomic E-state index is -0.251. The first-order chi connectivity index (χ1) is 11.4. The number of hydrogen-bond donors (Lipinski definition) is 1. The minimum absolute atomic E-state index is 0. The van der Waals surface area contributed by atoms with Gasteiger partial charge < -0.3 is 57.9 Å². The molecule has 0 bridgehead atoms. The van der Waals surface area contributed by atoms with Crippen LogP contribution < -0.4 is 57.1 Å². The molecule has 1 N–H and O–H groups in total. The van der Waals surface area contributed by atoms with Crippen molar-refractivity contribution >= 4 is 12.2 Å². The van der Waals surface area contributed by atoms with Crippen LogP contribution >= 0.6 is 0 Å². The molecule has 6 nitrogen and oxygen atoms in total. The van der Waals surface area contributed by atoms with Crippen LogP contribution in [0.25, 0.3) is 0 Å². The molecule has 0 aromatic carbocycles. The Labute approximate surface area is 188 Å². The molecule has 0 aliphatic rings. The zero-order chi connectivity index (χ0) is 17.9. The van der Waals surface area contributed by atoms with E-state index in [4.69, 9.17) is 9.94 Å². The van der Waals surface area contributed by atoms with Crippen LogP contribution in [0.4, 0.5) is 0 Å². The normalized spacial score (nSPS) is 9.58. The zero-order valence-corrected chi connectivity index (χ0v) is 19.7. The van der Waals surface area contributed by atoms with Crippen molar-refractivity contribution in [1.29, 1.82) is 0 Å². The quantitative estimate of drug-likeness (QED) is 0.0987. The number of oxime groups is 1. The Hall–Kier alpha value is -1.30. The zero-order valence-electron chi connectivity index (χ0n) is 15.3. The standard InChI is InChI=1S/C11H16NO2.C7H8N2O.2HI/c1-9(2)8-14-11(13)10-4-6-12(3)7-5-10;1-9-5-3-2-4-7(9)6-8-10;;/h4-7,9H,8H2,1-3H3;2-6H,1H3;2*1H/q+1;;;/p-1. The lowest BCUT2D eigenvalue weighted by Crippen LogP contribution is -3.00. The van der Waals surface area contributed by atoms with Crippen LogP contribution in [0.1, 0.15) is 29.9 Å². The van der Waals surface area contributed by atoms with Crippen molar-refractivity contribution < 1.29 is 71.8 Å². The summed E-state index contributed by atoms with van der Waals surface area (Å²) >= 11 is 0. The molecule has 2 aromatic heterocycles. The third kappa shape index (κ3) is 10.6. The first kappa shape index (κ1) is 26.9. The van der Waals surface area contributed by atoms with Crippen LogP contribution in [0.3, 0.4) is 0 Å². The van der Waals surface area contributed by atoms with Gasteiger partial charge in [-0.05, 0) is 12.0 Å². The molecule has 144 valence electrons. The number of nitrogens with zero attached hydrogens (tertiary/aromatic N) is 3. The number of aryl methyl sites for hydroxylation is 2. The Bertz CT molecular complexity index is 678. The maximum absolute atomic E-state index is 11.4. The summed E-state index contributed by atoms with van der Waals surface area (Å²) in [5.41, 5.74) is 1.47. The van der Waals surface area contributed by atoms with Gasteiger partial charge >= 0.3 is 5.97 Å². The molecular weight excluding hydrogens is 560 g/mol. The van der Waals surface area contributed by atoms with E-state index in [0.717, 1.165) is 5.69 Å². The number of rotatable bonds is 4. The smallest absolute Gasteiger partial charge is 0.338 e. The van der Waals surface area contributed by atoms with E-state index in [0.29, 0.717) is 18.1 Å². The second-order valence-electron chi connectivity index (χ2n) is 5.73. The molecule has 0 saturated heterocycles. The van der Waals surface area contributed by atoms with Crippen molar-refractivity contribution in [3.8, 4) is 0 Å². The molecule has 0 unspecified atom stereocenters. The van der Waals surface area contributed by atoms with Crippen molar-refractivity contribution in [2.75, 3.05) is 6.61 Å². The fourth-order valence-corrected chi connectivity index (χ4v) is 1.69. The third-order valence-corrected chi connectivity index (χ3v) is 3.05. The van der Waals surface area contributed by atoms with Crippen molar-refractivity contribution in [1.82, 2.24) is 0 Å². The van der Waals surface area contributed by atoms with Crippen LogP contribution in [0, 0.1) is 5.92 Å². The molecule has 8 heteroatoms. The van der Waals surface area contributed by atoms with E-state index in [1.807, 2.05) is 73.9 Å². The van der Waals surface area contributed by atoms with Gasteiger partial charge in [-0.3, -0.25) is 0 Å². The highest BCUT2D eigenvalue weighted by molar-refractivity contribution is 5.88. The van der Waals surface area contributed by atoms with E-state index in [2.05, 4.69) is 5.16 Å². The Kier molecular flexibility index (Phi) is 15.4. The molecular formula is C18H25I2N3O3. The summed E-state index contributed by atoms with van der Waals surface area (Å²) in [4.78, 5) is 11.4. The van der Waals surface area contributed by atoms with Crippen molar-refractivity contribution in [3.05, 3.63) is 60.2 Å². The van der Waals surface area contributed by atoms with E-state index in [1.54, 1.807) is 12.1 Å². The summed E-state index contributed by atoms with van der Waals surface area (Å²) < 4.78 is 8.82. The van der Waals surface area contributed by atoms with E-state index in [1.165, 1.54) is 6.21 Å². The van der Waals surface area contributed by atoms with Crippen LogP contribution in [0.15, 0.2) is 54.1 Å². The summed E-state index contributed by atoms with van der Waals surface area (Å²) in [5.74, 6) is 0.123. The Morgan fingerprint density at radius 3 is 2.27 bits per heavy atom. The summed E-state index contributed by atoms with van der Waals surface area (Å²) in [6, 6.07) is 9.16.